The molecule has 1 amide bonds. The van der Waals surface area contributed by atoms with Gasteiger partial charge in [-0.25, -0.2) is 0 Å². The van der Waals surface area contributed by atoms with E-state index < -0.39 is 0 Å². The molecular formula is C19H21ClN2O3. The number of amides is 1. The van der Waals surface area contributed by atoms with Crippen molar-refractivity contribution >= 4 is 23.2 Å². The summed E-state index contributed by atoms with van der Waals surface area (Å²) in [6, 6.07) is 11.2. The maximum Gasteiger partial charge on any atom is 0.238 e. The van der Waals surface area contributed by atoms with Gasteiger partial charge in [-0.2, -0.15) is 0 Å². The van der Waals surface area contributed by atoms with Gasteiger partial charge in [-0.05, 0) is 41.8 Å². The van der Waals surface area contributed by atoms with E-state index in [4.69, 9.17) is 21.1 Å². The molecule has 0 unspecified atom stereocenters. The average Bonchev–Trinajstić information content (AvgIpc) is 2.62. The molecule has 25 heavy (non-hydrogen) atoms. The van der Waals surface area contributed by atoms with Gasteiger partial charge in [0.1, 0.15) is 0 Å². The minimum Gasteiger partial charge on any atom is -0.493 e. The number of methoxy groups -OCH3 is 2. The molecule has 132 valence electrons. The molecule has 0 aromatic heterocycles. The standard InChI is InChI=1S/C19H21ClN2O3/c1-24-17-9-13-7-8-22(11-14(13)10-18(17)25-2)12-19(23)21-16-6-4-3-5-15(16)20/h3-6,9-10H,7-8,11-12H2,1-2H3,(H,21,23). The number of para-hydroxylation sites is 1. The Labute approximate surface area is 152 Å². The molecule has 5 nitrogen and oxygen atoms in total. The van der Waals surface area contributed by atoms with Crippen LogP contribution in [0, 0.1) is 0 Å². The first-order chi connectivity index (χ1) is 12.1. The molecule has 1 N–H and O–H groups in total. The summed E-state index contributed by atoms with van der Waals surface area (Å²) in [6.45, 7) is 1.84. The molecule has 0 spiro atoms. The van der Waals surface area contributed by atoms with E-state index in [1.54, 1.807) is 26.4 Å². The zero-order valence-electron chi connectivity index (χ0n) is 14.3. The molecule has 0 aliphatic carbocycles. The van der Waals surface area contributed by atoms with Crippen LogP contribution in [-0.2, 0) is 17.8 Å². The number of carbonyl (C=O) groups is 1. The fourth-order valence-corrected chi connectivity index (χ4v) is 3.21. The second-order valence-corrected chi connectivity index (χ2v) is 6.37. The van der Waals surface area contributed by atoms with Crippen molar-refractivity contribution in [1.82, 2.24) is 4.90 Å². The van der Waals surface area contributed by atoms with Crippen LogP contribution in [0.4, 0.5) is 5.69 Å². The van der Waals surface area contributed by atoms with Gasteiger partial charge in [-0.15, -0.1) is 0 Å². The highest BCUT2D eigenvalue weighted by Crippen LogP contribution is 2.33. The van der Waals surface area contributed by atoms with Crippen molar-refractivity contribution in [3.8, 4) is 11.5 Å². The Bertz CT molecular complexity index is 779. The third-order valence-electron chi connectivity index (χ3n) is 4.31. The molecule has 0 saturated carbocycles. The Hall–Kier alpha value is -2.24. The number of anilines is 1. The molecule has 1 aliphatic heterocycles. The van der Waals surface area contributed by atoms with E-state index in [9.17, 15) is 4.79 Å². The Morgan fingerprint density at radius 2 is 1.84 bits per heavy atom. The van der Waals surface area contributed by atoms with Crippen LogP contribution < -0.4 is 14.8 Å². The van der Waals surface area contributed by atoms with Gasteiger partial charge in [0.05, 0.1) is 31.5 Å². The van der Waals surface area contributed by atoms with E-state index in [-0.39, 0.29) is 5.91 Å². The van der Waals surface area contributed by atoms with Gasteiger partial charge in [0.2, 0.25) is 5.91 Å². The minimum absolute atomic E-state index is 0.0722. The van der Waals surface area contributed by atoms with E-state index in [0.717, 1.165) is 24.3 Å². The summed E-state index contributed by atoms with van der Waals surface area (Å²) in [7, 11) is 3.26. The third-order valence-corrected chi connectivity index (χ3v) is 4.64. The van der Waals surface area contributed by atoms with Gasteiger partial charge in [0.25, 0.3) is 0 Å². The molecule has 2 aromatic carbocycles. The lowest BCUT2D eigenvalue weighted by molar-refractivity contribution is -0.117. The number of nitrogens with zero attached hydrogens (tertiary/aromatic N) is 1. The highest BCUT2D eigenvalue weighted by atomic mass is 35.5. The van der Waals surface area contributed by atoms with Crippen LogP contribution >= 0.6 is 11.6 Å². The number of benzene rings is 2. The number of fused-ring (bicyclic) bond motifs is 1. The number of hydrogen-bond donors (Lipinski definition) is 1. The Kier molecular flexibility index (Phi) is 5.46. The molecule has 0 saturated heterocycles. The van der Waals surface area contributed by atoms with Crippen LogP contribution in [0.5, 0.6) is 11.5 Å². The molecule has 6 heteroatoms. The number of nitrogens with one attached hydrogen (secondary N) is 1. The first-order valence-corrected chi connectivity index (χ1v) is 8.49. The van der Waals surface area contributed by atoms with Crippen molar-refractivity contribution in [1.29, 1.82) is 0 Å². The molecule has 0 atom stereocenters. The molecule has 2 aromatic rings. The quantitative estimate of drug-likeness (QED) is 0.888. The monoisotopic (exact) mass is 360 g/mol. The zero-order chi connectivity index (χ0) is 17.8. The smallest absolute Gasteiger partial charge is 0.238 e. The summed E-state index contributed by atoms with van der Waals surface area (Å²) in [4.78, 5) is 14.4. The maximum atomic E-state index is 12.3. The Morgan fingerprint density at radius 3 is 2.52 bits per heavy atom. The summed E-state index contributed by atoms with van der Waals surface area (Å²) in [6.07, 6.45) is 0.870. The van der Waals surface area contributed by atoms with E-state index in [1.165, 1.54) is 5.56 Å². The van der Waals surface area contributed by atoms with Crippen molar-refractivity contribution in [3.05, 3.63) is 52.5 Å². The molecule has 3 rings (SSSR count). The van der Waals surface area contributed by atoms with Crippen molar-refractivity contribution in [2.24, 2.45) is 0 Å². The number of halogens is 1. The van der Waals surface area contributed by atoms with Crippen LogP contribution in [0.1, 0.15) is 11.1 Å². The second-order valence-electron chi connectivity index (χ2n) is 5.96. The fraction of sp³-hybridized carbons (Fsp3) is 0.316. The highest BCUT2D eigenvalue weighted by molar-refractivity contribution is 6.33. The van der Waals surface area contributed by atoms with E-state index >= 15 is 0 Å². The van der Waals surface area contributed by atoms with Gasteiger partial charge in [-0.1, -0.05) is 23.7 Å². The van der Waals surface area contributed by atoms with Crippen LogP contribution in [-0.4, -0.2) is 38.1 Å². The summed E-state index contributed by atoms with van der Waals surface area (Å²) in [5.41, 5.74) is 3.04. The van der Waals surface area contributed by atoms with Gasteiger partial charge >= 0.3 is 0 Å². The number of rotatable bonds is 5. The lowest BCUT2D eigenvalue weighted by atomic mass is 9.99. The number of hydrogen-bond acceptors (Lipinski definition) is 4. The first kappa shape index (κ1) is 17.6. The largest absolute Gasteiger partial charge is 0.493 e. The van der Waals surface area contributed by atoms with E-state index in [1.807, 2.05) is 24.3 Å². The summed E-state index contributed by atoms with van der Waals surface area (Å²) in [5, 5.41) is 3.40. The topological polar surface area (TPSA) is 50.8 Å². The molecule has 1 heterocycles. The predicted molar refractivity (Wildman–Crippen MR) is 98.6 cm³/mol. The molecule has 1 aliphatic rings. The first-order valence-electron chi connectivity index (χ1n) is 8.11. The van der Waals surface area contributed by atoms with Gasteiger partial charge in [-0.3, -0.25) is 9.69 Å². The summed E-state index contributed by atoms with van der Waals surface area (Å²) < 4.78 is 10.7. The third kappa shape index (κ3) is 4.06. The summed E-state index contributed by atoms with van der Waals surface area (Å²) >= 11 is 6.09. The molecule has 0 bridgehead atoms. The minimum atomic E-state index is -0.0722. The fourth-order valence-electron chi connectivity index (χ4n) is 3.03. The van der Waals surface area contributed by atoms with Crippen LogP contribution in [0.15, 0.2) is 36.4 Å². The van der Waals surface area contributed by atoms with Crippen LogP contribution in [0.25, 0.3) is 0 Å². The second kappa shape index (κ2) is 7.76. The van der Waals surface area contributed by atoms with E-state index in [0.29, 0.717) is 29.5 Å². The van der Waals surface area contributed by atoms with Crippen molar-refractivity contribution in [3.63, 3.8) is 0 Å². The lowest BCUT2D eigenvalue weighted by Crippen LogP contribution is -2.37. The number of carbonyl (C=O) groups excluding carboxylic acids is 1. The molecular weight excluding hydrogens is 340 g/mol. The highest BCUT2D eigenvalue weighted by Gasteiger charge is 2.21. The van der Waals surface area contributed by atoms with Crippen molar-refractivity contribution in [2.75, 3.05) is 32.6 Å². The van der Waals surface area contributed by atoms with E-state index in [2.05, 4.69) is 10.2 Å². The van der Waals surface area contributed by atoms with Gasteiger partial charge in [0, 0.05) is 13.1 Å². The van der Waals surface area contributed by atoms with Gasteiger partial charge < -0.3 is 14.8 Å². The average molecular weight is 361 g/mol. The van der Waals surface area contributed by atoms with Crippen molar-refractivity contribution in [2.45, 2.75) is 13.0 Å². The lowest BCUT2D eigenvalue weighted by Gasteiger charge is -2.29. The Morgan fingerprint density at radius 1 is 1.16 bits per heavy atom. The van der Waals surface area contributed by atoms with Crippen LogP contribution in [0.3, 0.4) is 0 Å². The zero-order valence-corrected chi connectivity index (χ0v) is 15.1. The number of ether oxygens (including phenoxy) is 2. The Balaban J connectivity index is 1.66. The normalized spacial score (nSPS) is 13.9. The van der Waals surface area contributed by atoms with Crippen molar-refractivity contribution < 1.29 is 14.3 Å². The predicted octanol–water partition coefficient (Wildman–Crippen LogP) is 3.35. The van der Waals surface area contributed by atoms with Crippen LogP contribution in [0.2, 0.25) is 5.02 Å². The summed E-state index contributed by atoms with van der Waals surface area (Å²) in [5.74, 6) is 1.38. The maximum absolute atomic E-state index is 12.3. The molecule has 0 fully saturated rings. The van der Waals surface area contributed by atoms with Gasteiger partial charge in [0.15, 0.2) is 11.5 Å². The SMILES string of the molecule is COc1cc2c(cc1OC)CN(CC(=O)Nc1ccccc1Cl)CC2. The molecule has 0 radical (unpaired) electrons.